The summed E-state index contributed by atoms with van der Waals surface area (Å²) in [6.07, 6.45) is -2.42. The average molecular weight is 602 g/mol. The summed E-state index contributed by atoms with van der Waals surface area (Å²) in [5, 5.41) is 22.4. The van der Waals surface area contributed by atoms with Crippen molar-refractivity contribution < 1.29 is 50.6 Å². The molecule has 42 heavy (non-hydrogen) atoms. The molecule has 3 aromatic heterocycles. The van der Waals surface area contributed by atoms with Crippen LogP contribution < -0.4 is 5.32 Å². The number of carboxylic acids is 2. The van der Waals surface area contributed by atoms with E-state index in [1.165, 1.54) is 5.56 Å². The van der Waals surface area contributed by atoms with Gasteiger partial charge < -0.3 is 19.9 Å². The van der Waals surface area contributed by atoms with Gasteiger partial charge in [0.05, 0.1) is 24.4 Å². The Morgan fingerprint density at radius 3 is 2.02 bits per heavy atom. The van der Waals surface area contributed by atoms with E-state index in [1.807, 2.05) is 65.5 Å². The van der Waals surface area contributed by atoms with Crippen molar-refractivity contribution in [1.82, 2.24) is 19.5 Å². The summed E-state index contributed by atoms with van der Waals surface area (Å²) in [6.45, 7) is 3.08. The van der Waals surface area contributed by atoms with Gasteiger partial charge in [-0.15, -0.1) is 0 Å². The van der Waals surface area contributed by atoms with Crippen LogP contribution in [0.15, 0.2) is 71.7 Å². The zero-order valence-electron chi connectivity index (χ0n) is 21.6. The quantitative estimate of drug-likeness (QED) is 0.246. The molecular formula is C26H25F6N5O5. The number of aromatic nitrogens is 3. The second-order valence-corrected chi connectivity index (χ2v) is 8.97. The molecule has 0 aliphatic carbocycles. The molecule has 0 saturated carbocycles. The van der Waals surface area contributed by atoms with E-state index in [1.54, 1.807) is 6.26 Å². The molecular weight excluding hydrogens is 576 g/mol. The average Bonchev–Trinajstić information content (AvgIpc) is 3.59. The fraction of sp³-hybridized carbons (Fsp3) is 0.308. The van der Waals surface area contributed by atoms with Gasteiger partial charge in [-0.05, 0) is 56.3 Å². The number of carboxylic acid groups (broad SMARTS) is 2. The van der Waals surface area contributed by atoms with Gasteiger partial charge in [0.15, 0.2) is 11.5 Å². The van der Waals surface area contributed by atoms with Gasteiger partial charge in [0.1, 0.15) is 0 Å². The summed E-state index contributed by atoms with van der Waals surface area (Å²) in [5.41, 5.74) is 4.20. The molecule has 4 aromatic rings. The minimum absolute atomic E-state index is 0.422. The lowest BCUT2D eigenvalue weighted by atomic mass is 9.96. The monoisotopic (exact) mass is 601 g/mol. The van der Waals surface area contributed by atoms with Crippen LogP contribution in [0.5, 0.6) is 0 Å². The Kier molecular flexibility index (Phi) is 10.5. The number of halogens is 6. The number of fused-ring (bicyclic) bond motifs is 1. The lowest BCUT2D eigenvalue weighted by molar-refractivity contribution is -0.193. The van der Waals surface area contributed by atoms with Crippen LogP contribution in [0.2, 0.25) is 0 Å². The van der Waals surface area contributed by atoms with Gasteiger partial charge in [-0.1, -0.05) is 18.2 Å². The van der Waals surface area contributed by atoms with Crippen LogP contribution >= 0.6 is 0 Å². The van der Waals surface area contributed by atoms with Crippen LogP contribution in [0.4, 0.5) is 37.7 Å². The summed E-state index contributed by atoms with van der Waals surface area (Å²) in [5.74, 6) is -4.13. The van der Waals surface area contributed by atoms with Gasteiger partial charge in [0.2, 0.25) is 0 Å². The smallest absolute Gasteiger partial charge is 0.475 e. The van der Waals surface area contributed by atoms with Gasteiger partial charge in [-0.25, -0.2) is 19.1 Å². The number of nitrogens with zero attached hydrogens (tertiary/aromatic N) is 4. The standard InChI is InChI=1S/C22H23N5O.2C2HF3O2/c1-2-4-19(5-3-1)23-20-6-7-21-24-22(25-27(21)15-20)18-8-11-26(12-9-18)14-17-10-13-28-16-17;2*3-2(4,5)1(6)7/h1-7,10,13,15-16,18,23H,8-9,11-12,14H2;2*(H,6,7). The first kappa shape index (κ1) is 31.9. The molecule has 5 rings (SSSR count). The van der Waals surface area contributed by atoms with Crippen LogP contribution in [-0.2, 0) is 16.1 Å². The predicted octanol–water partition coefficient (Wildman–Crippen LogP) is 5.71. The van der Waals surface area contributed by atoms with E-state index < -0.39 is 24.3 Å². The number of alkyl halides is 6. The maximum atomic E-state index is 10.6. The molecule has 0 spiro atoms. The van der Waals surface area contributed by atoms with Gasteiger partial charge >= 0.3 is 24.3 Å². The highest BCUT2D eigenvalue weighted by atomic mass is 19.4. The Bertz CT molecular complexity index is 1410. The summed E-state index contributed by atoms with van der Waals surface area (Å²) in [6, 6.07) is 16.3. The van der Waals surface area contributed by atoms with Crippen LogP contribution in [-0.4, -0.2) is 67.1 Å². The Morgan fingerprint density at radius 1 is 0.905 bits per heavy atom. The fourth-order valence-electron chi connectivity index (χ4n) is 3.83. The van der Waals surface area contributed by atoms with Crippen molar-refractivity contribution in [3.05, 3.63) is 78.6 Å². The maximum Gasteiger partial charge on any atom is 0.490 e. The normalized spacial score (nSPS) is 14.3. The molecule has 0 amide bonds. The van der Waals surface area contributed by atoms with Gasteiger partial charge in [0, 0.05) is 23.7 Å². The highest BCUT2D eigenvalue weighted by Gasteiger charge is 2.38. The number of hydrogen-bond donors (Lipinski definition) is 3. The van der Waals surface area contributed by atoms with Crippen LogP contribution in [0, 0.1) is 0 Å². The summed E-state index contributed by atoms with van der Waals surface area (Å²) in [7, 11) is 0. The maximum absolute atomic E-state index is 10.6. The molecule has 0 radical (unpaired) electrons. The molecule has 10 nitrogen and oxygen atoms in total. The number of hydrogen-bond acceptors (Lipinski definition) is 7. The van der Waals surface area contributed by atoms with Gasteiger partial charge in [0.25, 0.3) is 0 Å². The molecule has 0 unspecified atom stereocenters. The summed E-state index contributed by atoms with van der Waals surface area (Å²) < 4.78 is 70.5. The zero-order valence-corrected chi connectivity index (χ0v) is 21.6. The van der Waals surface area contributed by atoms with Crippen LogP contribution in [0.25, 0.3) is 5.65 Å². The van der Waals surface area contributed by atoms with E-state index in [4.69, 9.17) is 34.3 Å². The third kappa shape index (κ3) is 9.79. The Labute approximate surface area is 234 Å². The number of anilines is 2. The molecule has 1 aliphatic heterocycles. The minimum atomic E-state index is -5.08. The number of carbonyl (C=O) groups is 2. The number of benzene rings is 1. The first-order chi connectivity index (χ1) is 19.7. The van der Waals surface area contributed by atoms with E-state index >= 15 is 0 Å². The molecule has 0 bridgehead atoms. The number of likely N-dealkylation sites (tertiary alicyclic amines) is 1. The Morgan fingerprint density at radius 2 is 1.50 bits per heavy atom. The number of nitrogens with one attached hydrogen (secondary N) is 1. The first-order valence-corrected chi connectivity index (χ1v) is 12.2. The zero-order chi connectivity index (χ0) is 30.9. The predicted molar refractivity (Wildman–Crippen MR) is 136 cm³/mol. The van der Waals surface area contributed by atoms with Crippen LogP contribution in [0.1, 0.15) is 30.1 Å². The van der Waals surface area contributed by atoms with Crippen molar-refractivity contribution in [2.75, 3.05) is 18.4 Å². The summed E-state index contributed by atoms with van der Waals surface area (Å²) in [4.78, 5) is 25.0. The minimum Gasteiger partial charge on any atom is -0.475 e. The second-order valence-electron chi connectivity index (χ2n) is 8.97. The molecule has 0 atom stereocenters. The number of para-hydroxylation sites is 1. The number of pyridine rings is 1. The second kappa shape index (κ2) is 13.8. The largest absolute Gasteiger partial charge is 0.490 e. The van der Waals surface area contributed by atoms with Crippen molar-refractivity contribution in [1.29, 1.82) is 0 Å². The number of piperidine rings is 1. The highest BCUT2D eigenvalue weighted by molar-refractivity contribution is 5.73. The number of aliphatic carboxylic acids is 2. The molecule has 4 heterocycles. The van der Waals surface area contributed by atoms with E-state index in [2.05, 4.69) is 10.2 Å². The van der Waals surface area contributed by atoms with Gasteiger partial charge in [-0.2, -0.15) is 31.4 Å². The van der Waals surface area contributed by atoms with Gasteiger partial charge in [-0.3, -0.25) is 4.90 Å². The van der Waals surface area contributed by atoms with Crippen molar-refractivity contribution in [3.8, 4) is 0 Å². The Hall–Kier alpha value is -4.60. The number of rotatable bonds is 5. The molecule has 1 aromatic carbocycles. The van der Waals surface area contributed by atoms with E-state index in [0.29, 0.717) is 5.92 Å². The summed E-state index contributed by atoms with van der Waals surface area (Å²) >= 11 is 0. The highest BCUT2D eigenvalue weighted by Crippen LogP contribution is 2.27. The number of furan rings is 1. The van der Waals surface area contributed by atoms with Crippen molar-refractivity contribution in [2.45, 2.75) is 37.7 Å². The molecule has 1 saturated heterocycles. The Balaban J connectivity index is 0.000000289. The van der Waals surface area contributed by atoms with E-state index in [-0.39, 0.29) is 0 Å². The third-order valence-electron chi connectivity index (χ3n) is 5.83. The van der Waals surface area contributed by atoms with Crippen LogP contribution in [0.3, 0.4) is 0 Å². The van der Waals surface area contributed by atoms with E-state index in [9.17, 15) is 26.3 Å². The lowest BCUT2D eigenvalue weighted by Gasteiger charge is -2.30. The lowest BCUT2D eigenvalue weighted by Crippen LogP contribution is -2.32. The van der Waals surface area contributed by atoms with Crippen molar-refractivity contribution >= 4 is 29.0 Å². The molecule has 226 valence electrons. The first-order valence-electron chi connectivity index (χ1n) is 12.2. The molecule has 16 heteroatoms. The molecule has 1 fully saturated rings. The van der Waals surface area contributed by atoms with E-state index in [0.717, 1.165) is 55.3 Å². The van der Waals surface area contributed by atoms with Crippen molar-refractivity contribution in [3.63, 3.8) is 0 Å². The van der Waals surface area contributed by atoms with Crippen molar-refractivity contribution in [2.24, 2.45) is 0 Å². The topological polar surface area (TPSA) is 133 Å². The fourth-order valence-corrected chi connectivity index (χ4v) is 3.83. The third-order valence-corrected chi connectivity index (χ3v) is 5.83. The molecule has 1 aliphatic rings. The molecule has 3 N–H and O–H groups in total. The SMILES string of the molecule is O=C(O)C(F)(F)F.O=C(O)C(F)(F)F.c1ccc(Nc2ccc3nc(C4CCN(Cc5ccoc5)CC4)nn3c2)cc1.